The molecule has 2 heterocycles. The molecule has 3 aromatic rings. The Labute approximate surface area is 182 Å². The molecule has 5 nitrogen and oxygen atoms in total. The molecule has 1 atom stereocenters. The van der Waals surface area contributed by atoms with Crippen LogP contribution in [0.15, 0.2) is 77.0 Å². The van der Waals surface area contributed by atoms with E-state index in [4.69, 9.17) is 0 Å². The summed E-state index contributed by atoms with van der Waals surface area (Å²) in [5, 5.41) is 11.1. The number of rotatable bonds is 3. The Balaban J connectivity index is 1.97. The molecular formula is C24H19BrN2O3. The number of aliphatic hydroxyl groups excluding tert-OH is 1. The third kappa shape index (κ3) is 3.44. The Kier molecular flexibility index (Phi) is 5.26. The first-order chi connectivity index (χ1) is 14.4. The average molecular weight is 463 g/mol. The zero-order chi connectivity index (χ0) is 21.4. The number of carbonyl (C=O) groups excluding carboxylic acids is 2. The van der Waals surface area contributed by atoms with E-state index < -0.39 is 17.7 Å². The number of nitrogens with zero attached hydrogens (tertiary/aromatic N) is 2. The molecule has 0 bridgehead atoms. The van der Waals surface area contributed by atoms with Gasteiger partial charge in [-0.2, -0.15) is 0 Å². The van der Waals surface area contributed by atoms with Crippen LogP contribution in [0.1, 0.15) is 28.3 Å². The van der Waals surface area contributed by atoms with Crippen LogP contribution in [0.2, 0.25) is 0 Å². The van der Waals surface area contributed by atoms with Gasteiger partial charge in [0.15, 0.2) is 0 Å². The SMILES string of the molecule is Cc1ccc(C)c(N2C(=O)C(=O)/C(=C(/O)c3ccc(Br)cc3)C2c2cccnc2)c1. The Morgan fingerprint density at radius 1 is 1.07 bits per heavy atom. The molecule has 1 aliphatic rings. The van der Waals surface area contributed by atoms with Crippen LogP contribution in [0.5, 0.6) is 0 Å². The van der Waals surface area contributed by atoms with Gasteiger partial charge in [0.2, 0.25) is 0 Å². The summed E-state index contributed by atoms with van der Waals surface area (Å²) in [6.07, 6.45) is 3.24. The lowest BCUT2D eigenvalue weighted by atomic mass is 9.96. The summed E-state index contributed by atoms with van der Waals surface area (Å²) in [6.45, 7) is 3.82. The molecule has 1 unspecified atom stereocenters. The molecule has 2 aromatic carbocycles. The van der Waals surface area contributed by atoms with E-state index in [2.05, 4.69) is 20.9 Å². The molecule has 1 aromatic heterocycles. The van der Waals surface area contributed by atoms with Gasteiger partial charge in [-0.25, -0.2) is 0 Å². The number of aliphatic hydroxyl groups is 1. The van der Waals surface area contributed by atoms with Crippen molar-refractivity contribution in [2.75, 3.05) is 4.90 Å². The Morgan fingerprint density at radius 3 is 2.47 bits per heavy atom. The fourth-order valence-electron chi connectivity index (χ4n) is 3.68. The van der Waals surface area contributed by atoms with Crippen molar-refractivity contribution in [3.05, 3.63) is 99.3 Å². The highest BCUT2D eigenvalue weighted by molar-refractivity contribution is 9.10. The Morgan fingerprint density at radius 2 is 1.80 bits per heavy atom. The molecule has 1 saturated heterocycles. The normalized spacial score (nSPS) is 18.1. The lowest BCUT2D eigenvalue weighted by molar-refractivity contribution is -0.132. The Bertz CT molecular complexity index is 1170. The molecule has 150 valence electrons. The summed E-state index contributed by atoms with van der Waals surface area (Å²) in [7, 11) is 0. The predicted molar refractivity (Wildman–Crippen MR) is 119 cm³/mol. The Hall–Kier alpha value is -3.25. The molecule has 4 rings (SSSR count). The van der Waals surface area contributed by atoms with Gasteiger partial charge in [0.25, 0.3) is 11.7 Å². The minimum absolute atomic E-state index is 0.0521. The zero-order valence-electron chi connectivity index (χ0n) is 16.5. The third-order valence-electron chi connectivity index (χ3n) is 5.19. The van der Waals surface area contributed by atoms with Crippen molar-refractivity contribution in [3.8, 4) is 0 Å². The van der Waals surface area contributed by atoms with Gasteiger partial charge in [-0.05, 0) is 54.8 Å². The molecule has 1 fully saturated rings. The van der Waals surface area contributed by atoms with E-state index in [-0.39, 0.29) is 11.3 Å². The number of aryl methyl sites for hydroxylation is 2. The van der Waals surface area contributed by atoms with E-state index >= 15 is 0 Å². The lowest BCUT2D eigenvalue weighted by Crippen LogP contribution is -2.30. The maximum Gasteiger partial charge on any atom is 0.300 e. The number of benzene rings is 2. The van der Waals surface area contributed by atoms with Gasteiger partial charge >= 0.3 is 0 Å². The van der Waals surface area contributed by atoms with Crippen LogP contribution in [0.4, 0.5) is 5.69 Å². The van der Waals surface area contributed by atoms with Gasteiger partial charge in [-0.3, -0.25) is 19.5 Å². The molecule has 30 heavy (non-hydrogen) atoms. The monoisotopic (exact) mass is 462 g/mol. The second-order valence-corrected chi connectivity index (χ2v) is 8.17. The van der Waals surface area contributed by atoms with Crippen LogP contribution < -0.4 is 4.90 Å². The van der Waals surface area contributed by atoms with Crippen molar-refractivity contribution in [1.82, 2.24) is 4.98 Å². The van der Waals surface area contributed by atoms with Crippen LogP contribution in [0, 0.1) is 13.8 Å². The maximum absolute atomic E-state index is 13.2. The van der Waals surface area contributed by atoms with Gasteiger partial charge < -0.3 is 5.11 Å². The van der Waals surface area contributed by atoms with Crippen LogP contribution >= 0.6 is 15.9 Å². The van der Waals surface area contributed by atoms with E-state index in [0.29, 0.717) is 16.8 Å². The molecule has 1 aliphatic heterocycles. The number of anilines is 1. The van der Waals surface area contributed by atoms with E-state index in [1.165, 1.54) is 4.90 Å². The van der Waals surface area contributed by atoms with Crippen LogP contribution in [-0.2, 0) is 9.59 Å². The number of pyridine rings is 1. The van der Waals surface area contributed by atoms with E-state index in [1.54, 1.807) is 48.8 Å². The van der Waals surface area contributed by atoms with Gasteiger partial charge in [0.1, 0.15) is 5.76 Å². The first-order valence-electron chi connectivity index (χ1n) is 9.42. The van der Waals surface area contributed by atoms with E-state index in [1.807, 2.05) is 32.0 Å². The number of hydrogen-bond acceptors (Lipinski definition) is 4. The van der Waals surface area contributed by atoms with Gasteiger partial charge in [0, 0.05) is 28.1 Å². The highest BCUT2D eigenvalue weighted by Crippen LogP contribution is 2.43. The maximum atomic E-state index is 13.2. The molecule has 0 radical (unpaired) electrons. The van der Waals surface area contributed by atoms with Gasteiger partial charge in [-0.15, -0.1) is 0 Å². The van der Waals surface area contributed by atoms with Crippen molar-refractivity contribution < 1.29 is 14.7 Å². The second kappa shape index (κ2) is 7.88. The second-order valence-electron chi connectivity index (χ2n) is 7.25. The zero-order valence-corrected chi connectivity index (χ0v) is 18.1. The van der Waals surface area contributed by atoms with Crippen molar-refractivity contribution >= 4 is 39.1 Å². The van der Waals surface area contributed by atoms with Crippen molar-refractivity contribution in [2.24, 2.45) is 0 Å². The van der Waals surface area contributed by atoms with Crippen molar-refractivity contribution in [2.45, 2.75) is 19.9 Å². The lowest BCUT2D eigenvalue weighted by Gasteiger charge is -2.27. The van der Waals surface area contributed by atoms with Gasteiger partial charge in [-0.1, -0.05) is 46.3 Å². The minimum Gasteiger partial charge on any atom is -0.507 e. The minimum atomic E-state index is -0.775. The number of hydrogen-bond donors (Lipinski definition) is 1. The molecule has 6 heteroatoms. The van der Waals surface area contributed by atoms with Gasteiger partial charge in [0.05, 0.1) is 11.6 Å². The summed E-state index contributed by atoms with van der Waals surface area (Å²) >= 11 is 3.37. The number of halogens is 1. The molecule has 0 aliphatic carbocycles. The van der Waals surface area contributed by atoms with Crippen LogP contribution in [0.25, 0.3) is 5.76 Å². The number of amides is 1. The fourth-order valence-corrected chi connectivity index (χ4v) is 3.94. The van der Waals surface area contributed by atoms with Crippen molar-refractivity contribution in [1.29, 1.82) is 0 Å². The molecule has 1 amide bonds. The molecular weight excluding hydrogens is 444 g/mol. The molecule has 1 N–H and O–H groups in total. The summed E-state index contributed by atoms with van der Waals surface area (Å²) in [6, 6.07) is 15.5. The summed E-state index contributed by atoms with van der Waals surface area (Å²) in [5.74, 6) is -1.59. The predicted octanol–water partition coefficient (Wildman–Crippen LogP) is 5.09. The summed E-state index contributed by atoms with van der Waals surface area (Å²) < 4.78 is 0.846. The fraction of sp³-hybridized carbons (Fsp3) is 0.125. The van der Waals surface area contributed by atoms with E-state index in [9.17, 15) is 14.7 Å². The third-order valence-corrected chi connectivity index (χ3v) is 5.72. The largest absolute Gasteiger partial charge is 0.507 e. The smallest absolute Gasteiger partial charge is 0.300 e. The molecule has 0 spiro atoms. The van der Waals surface area contributed by atoms with E-state index in [0.717, 1.165) is 15.6 Å². The summed E-state index contributed by atoms with van der Waals surface area (Å²) in [4.78, 5) is 31.9. The highest BCUT2D eigenvalue weighted by atomic mass is 79.9. The first kappa shape index (κ1) is 20.0. The average Bonchev–Trinajstić information content (AvgIpc) is 3.01. The highest BCUT2D eigenvalue weighted by Gasteiger charge is 2.47. The quantitative estimate of drug-likeness (QED) is 0.334. The van der Waals surface area contributed by atoms with Crippen LogP contribution in [0.3, 0.4) is 0 Å². The van der Waals surface area contributed by atoms with Crippen molar-refractivity contribution in [3.63, 3.8) is 0 Å². The molecule has 0 saturated carbocycles. The standard InChI is InChI=1S/C24H19BrN2O3/c1-14-5-6-15(2)19(12-14)27-21(17-4-3-11-26-13-17)20(23(29)24(27)30)22(28)16-7-9-18(25)10-8-16/h3-13,21,28H,1-2H3/b22-20+. The van der Waals surface area contributed by atoms with Crippen LogP contribution in [-0.4, -0.2) is 21.8 Å². The number of carbonyl (C=O) groups is 2. The number of Topliss-reactive ketones (excluding diaryl/α,β-unsaturated/α-hetero) is 1. The number of aromatic nitrogens is 1. The summed E-state index contributed by atoms with van der Waals surface area (Å²) in [5.41, 5.74) is 3.63. The topological polar surface area (TPSA) is 70.5 Å². The first-order valence-corrected chi connectivity index (χ1v) is 10.2. The number of ketones is 1.